The molecule has 0 aliphatic rings. The lowest BCUT2D eigenvalue weighted by molar-refractivity contribution is -0.120. The Labute approximate surface area is 137 Å². The van der Waals surface area contributed by atoms with Crippen molar-refractivity contribution in [3.8, 4) is 5.75 Å². The van der Waals surface area contributed by atoms with Crippen LogP contribution in [0, 0.1) is 0 Å². The third-order valence-electron chi connectivity index (χ3n) is 3.26. The van der Waals surface area contributed by atoms with Crippen molar-refractivity contribution in [3.63, 3.8) is 0 Å². The molecule has 2 aromatic rings. The maximum Gasteiger partial charge on any atom is 0.244 e. The highest BCUT2D eigenvalue weighted by Crippen LogP contribution is 2.11. The van der Waals surface area contributed by atoms with E-state index in [-0.39, 0.29) is 5.91 Å². The number of unbranched alkanes of at least 4 members (excludes halogenated alkanes) is 1. The van der Waals surface area contributed by atoms with Crippen LogP contribution in [-0.4, -0.2) is 18.7 Å². The highest BCUT2D eigenvalue weighted by molar-refractivity contribution is 5.83. The van der Waals surface area contributed by atoms with Crippen LogP contribution in [-0.2, 0) is 11.2 Å². The molecule has 1 N–H and O–H groups in total. The molecule has 0 bridgehead atoms. The van der Waals surface area contributed by atoms with Gasteiger partial charge in [-0.3, -0.25) is 4.79 Å². The van der Waals surface area contributed by atoms with Gasteiger partial charge in [-0.25, -0.2) is 5.43 Å². The summed E-state index contributed by atoms with van der Waals surface area (Å²) in [6.45, 7) is 2.87. The van der Waals surface area contributed by atoms with Crippen molar-refractivity contribution in [1.29, 1.82) is 0 Å². The first-order valence-electron chi connectivity index (χ1n) is 7.86. The number of carbonyl (C=O) groups is 1. The molecule has 0 atom stereocenters. The topological polar surface area (TPSA) is 50.7 Å². The summed E-state index contributed by atoms with van der Waals surface area (Å²) in [5.74, 6) is 0.718. The number of nitrogens with zero attached hydrogens (tertiary/aromatic N) is 1. The Balaban J connectivity index is 1.77. The van der Waals surface area contributed by atoms with Gasteiger partial charge in [-0.05, 0) is 41.8 Å². The van der Waals surface area contributed by atoms with E-state index in [0.29, 0.717) is 6.42 Å². The van der Waals surface area contributed by atoms with Gasteiger partial charge < -0.3 is 4.74 Å². The van der Waals surface area contributed by atoms with E-state index in [1.54, 1.807) is 6.21 Å². The first-order valence-corrected chi connectivity index (χ1v) is 7.86. The number of amides is 1. The first-order chi connectivity index (χ1) is 11.3. The van der Waals surface area contributed by atoms with E-state index in [1.165, 1.54) is 0 Å². The summed E-state index contributed by atoms with van der Waals surface area (Å²) in [5.41, 5.74) is 4.41. The molecule has 0 aliphatic carbocycles. The van der Waals surface area contributed by atoms with Crippen molar-refractivity contribution in [1.82, 2.24) is 5.43 Å². The maximum absolute atomic E-state index is 11.8. The van der Waals surface area contributed by atoms with E-state index in [4.69, 9.17) is 4.74 Å². The standard InChI is InChI=1S/C19H22N2O2/c1-2-3-13-23-18-11-9-17(10-12-18)15-20-21-19(22)14-16-7-5-4-6-8-16/h4-12,15H,2-3,13-14H2,1H3,(H,21,22)/b20-15-. The molecular formula is C19H22N2O2. The minimum Gasteiger partial charge on any atom is -0.494 e. The van der Waals surface area contributed by atoms with Gasteiger partial charge >= 0.3 is 0 Å². The largest absolute Gasteiger partial charge is 0.494 e. The van der Waals surface area contributed by atoms with E-state index in [9.17, 15) is 4.79 Å². The van der Waals surface area contributed by atoms with Crippen molar-refractivity contribution in [2.45, 2.75) is 26.2 Å². The fourth-order valence-electron chi connectivity index (χ4n) is 1.98. The van der Waals surface area contributed by atoms with Gasteiger partial charge in [0.1, 0.15) is 5.75 Å². The molecule has 1 amide bonds. The summed E-state index contributed by atoms with van der Waals surface area (Å²) in [6.07, 6.45) is 4.12. The van der Waals surface area contributed by atoms with Gasteiger partial charge in [0.2, 0.25) is 5.91 Å². The Kier molecular flexibility index (Phi) is 6.85. The Morgan fingerprint density at radius 1 is 1.13 bits per heavy atom. The van der Waals surface area contributed by atoms with Crippen LogP contribution >= 0.6 is 0 Å². The summed E-state index contributed by atoms with van der Waals surface area (Å²) in [6, 6.07) is 17.2. The number of benzene rings is 2. The van der Waals surface area contributed by atoms with Crippen molar-refractivity contribution in [2.75, 3.05) is 6.61 Å². The molecular weight excluding hydrogens is 288 g/mol. The SMILES string of the molecule is CCCCOc1ccc(/C=N\NC(=O)Cc2ccccc2)cc1. The lowest BCUT2D eigenvalue weighted by atomic mass is 10.1. The highest BCUT2D eigenvalue weighted by Gasteiger charge is 2.00. The van der Waals surface area contributed by atoms with E-state index in [0.717, 1.165) is 36.3 Å². The number of hydrazone groups is 1. The summed E-state index contributed by atoms with van der Waals surface area (Å²) >= 11 is 0. The van der Waals surface area contributed by atoms with E-state index in [1.807, 2.05) is 54.6 Å². The molecule has 0 unspecified atom stereocenters. The molecule has 2 aromatic carbocycles. The molecule has 23 heavy (non-hydrogen) atoms. The van der Waals surface area contributed by atoms with Crippen LogP contribution in [0.25, 0.3) is 0 Å². The van der Waals surface area contributed by atoms with Gasteiger partial charge in [0.15, 0.2) is 0 Å². The third kappa shape index (κ3) is 6.34. The number of hydrogen-bond donors (Lipinski definition) is 1. The van der Waals surface area contributed by atoms with Gasteiger partial charge in [-0.2, -0.15) is 5.10 Å². The molecule has 0 aromatic heterocycles. The molecule has 0 aliphatic heterocycles. The van der Waals surface area contributed by atoms with Crippen LogP contribution in [0.3, 0.4) is 0 Å². The van der Waals surface area contributed by atoms with Crippen LogP contribution in [0.2, 0.25) is 0 Å². The van der Waals surface area contributed by atoms with Crippen molar-refractivity contribution in [2.24, 2.45) is 5.10 Å². The molecule has 0 radical (unpaired) electrons. The molecule has 4 heteroatoms. The molecule has 0 saturated heterocycles. The van der Waals surface area contributed by atoms with Crippen LogP contribution in [0.5, 0.6) is 5.75 Å². The molecule has 2 rings (SSSR count). The van der Waals surface area contributed by atoms with Gasteiger partial charge in [0, 0.05) is 0 Å². The van der Waals surface area contributed by atoms with Crippen molar-refractivity contribution >= 4 is 12.1 Å². The summed E-state index contributed by atoms with van der Waals surface area (Å²) in [7, 11) is 0. The molecule has 0 fully saturated rings. The average molecular weight is 310 g/mol. The number of ether oxygens (including phenoxy) is 1. The number of carbonyl (C=O) groups excluding carboxylic acids is 1. The van der Waals surface area contributed by atoms with E-state index < -0.39 is 0 Å². The van der Waals surface area contributed by atoms with Crippen LogP contribution in [0.4, 0.5) is 0 Å². The zero-order valence-electron chi connectivity index (χ0n) is 13.4. The molecule has 0 spiro atoms. The normalized spacial score (nSPS) is 10.7. The Bertz CT molecular complexity index is 622. The minimum absolute atomic E-state index is 0.132. The first kappa shape index (κ1) is 16.7. The highest BCUT2D eigenvalue weighted by atomic mass is 16.5. The van der Waals surface area contributed by atoms with Gasteiger partial charge in [-0.15, -0.1) is 0 Å². The van der Waals surface area contributed by atoms with Crippen molar-refractivity contribution in [3.05, 3.63) is 65.7 Å². The van der Waals surface area contributed by atoms with Crippen LogP contribution < -0.4 is 10.2 Å². The predicted molar refractivity (Wildman–Crippen MR) is 92.7 cm³/mol. The zero-order chi connectivity index (χ0) is 16.3. The predicted octanol–water partition coefficient (Wildman–Crippen LogP) is 3.56. The average Bonchev–Trinajstić information content (AvgIpc) is 2.57. The minimum atomic E-state index is -0.132. The third-order valence-corrected chi connectivity index (χ3v) is 3.26. The van der Waals surface area contributed by atoms with E-state index >= 15 is 0 Å². The molecule has 0 saturated carbocycles. The summed E-state index contributed by atoms with van der Waals surface area (Å²) in [4.78, 5) is 11.8. The second-order valence-corrected chi connectivity index (χ2v) is 5.23. The fraction of sp³-hybridized carbons (Fsp3) is 0.263. The number of rotatable bonds is 8. The van der Waals surface area contributed by atoms with Gasteiger partial charge in [-0.1, -0.05) is 43.7 Å². The number of nitrogens with one attached hydrogen (secondary N) is 1. The molecule has 120 valence electrons. The number of hydrogen-bond acceptors (Lipinski definition) is 3. The Morgan fingerprint density at radius 2 is 1.87 bits per heavy atom. The Morgan fingerprint density at radius 3 is 2.57 bits per heavy atom. The lowest BCUT2D eigenvalue weighted by Gasteiger charge is -2.05. The summed E-state index contributed by atoms with van der Waals surface area (Å²) < 4.78 is 5.60. The van der Waals surface area contributed by atoms with Crippen LogP contribution in [0.15, 0.2) is 59.7 Å². The zero-order valence-corrected chi connectivity index (χ0v) is 13.4. The quantitative estimate of drug-likeness (QED) is 0.460. The van der Waals surface area contributed by atoms with Crippen molar-refractivity contribution < 1.29 is 9.53 Å². The lowest BCUT2D eigenvalue weighted by Crippen LogP contribution is -2.19. The van der Waals surface area contributed by atoms with Gasteiger partial charge in [0.05, 0.1) is 19.2 Å². The Hall–Kier alpha value is -2.62. The smallest absolute Gasteiger partial charge is 0.244 e. The fourth-order valence-corrected chi connectivity index (χ4v) is 1.98. The molecule has 4 nitrogen and oxygen atoms in total. The monoisotopic (exact) mass is 310 g/mol. The van der Waals surface area contributed by atoms with E-state index in [2.05, 4.69) is 17.5 Å². The summed E-state index contributed by atoms with van der Waals surface area (Å²) in [5, 5.41) is 3.98. The van der Waals surface area contributed by atoms with Gasteiger partial charge in [0.25, 0.3) is 0 Å². The second kappa shape index (κ2) is 9.41. The molecule has 0 heterocycles. The second-order valence-electron chi connectivity index (χ2n) is 5.23. The maximum atomic E-state index is 11.8. The van der Waals surface area contributed by atoms with Crippen LogP contribution in [0.1, 0.15) is 30.9 Å².